The van der Waals surface area contributed by atoms with Crippen LogP contribution >= 0.6 is 0 Å². The van der Waals surface area contributed by atoms with Gasteiger partial charge in [0.15, 0.2) is 25.4 Å². The van der Waals surface area contributed by atoms with Gasteiger partial charge in [0.1, 0.15) is 5.69 Å². The van der Waals surface area contributed by atoms with Crippen molar-refractivity contribution in [3.8, 4) is 0 Å². The second kappa shape index (κ2) is 7.15. The first kappa shape index (κ1) is 18.5. The molecule has 1 unspecified atom stereocenters. The van der Waals surface area contributed by atoms with E-state index in [1.165, 1.54) is 9.69 Å². The van der Waals surface area contributed by atoms with E-state index >= 15 is 0 Å². The van der Waals surface area contributed by atoms with Gasteiger partial charge in [-0.2, -0.15) is 0 Å². The first-order valence-electron chi connectivity index (χ1n) is 8.86. The molecule has 1 aromatic rings. The quantitative estimate of drug-likeness (QED) is 0.649. The highest BCUT2D eigenvalue weighted by Gasteiger charge is 2.35. The molecule has 2 heterocycles. The van der Waals surface area contributed by atoms with Gasteiger partial charge in [-0.3, -0.25) is 5.41 Å². The van der Waals surface area contributed by atoms with Crippen LogP contribution in [0.25, 0.3) is 0 Å². The van der Waals surface area contributed by atoms with Gasteiger partial charge in [-0.15, -0.1) is 4.68 Å². The van der Waals surface area contributed by atoms with Gasteiger partial charge in [0.05, 0.1) is 5.70 Å². The van der Waals surface area contributed by atoms with Crippen LogP contribution in [-0.4, -0.2) is 67.3 Å². The maximum absolute atomic E-state index is 14.8. The molecule has 0 saturated carbocycles. The molecule has 1 saturated heterocycles. The molecule has 0 radical (unpaired) electrons. The standard InChI is InChI=1S/C19H26F2N5/c1-13-5-8-16(25-11-9-24(4)10-12-25)19(22)26(23(2)3)18-14(13)6-7-15(20)17(18)21/h6-8,13,22H,2,5,9-12H2,1,3-4H3/q+1. The van der Waals surface area contributed by atoms with Gasteiger partial charge in [-0.05, 0) is 31.0 Å². The number of nitrogens with one attached hydrogen (secondary N) is 1. The molecule has 0 aliphatic carbocycles. The Balaban J connectivity index is 2.09. The molecule has 1 atom stereocenters. The third-order valence-electron chi connectivity index (χ3n) is 5.15. The first-order chi connectivity index (χ1) is 12.3. The number of likely N-dealkylation sites (N-methyl/N-ethyl adjacent to an activating group) is 1. The summed E-state index contributed by atoms with van der Waals surface area (Å²) in [5.41, 5.74) is 1.51. The summed E-state index contributed by atoms with van der Waals surface area (Å²) in [6.07, 6.45) is 2.70. The molecule has 0 aromatic heterocycles. The van der Waals surface area contributed by atoms with Gasteiger partial charge >= 0.3 is 0 Å². The summed E-state index contributed by atoms with van der Waals surface area (Å²) < 4.78 is 30.1. The SMILES string of the molecule is C=[N+](C)N1C(=N)C(N2CCN(C)CC2)=CCC(C)c2ccc(F)c(F)c21. The molecule has 26 heavy (non-hydrogen) atoms. The zero-order chi connectivity index (χ0) is 19.0. The highest BCUT2D eigenvalue weighted by molar-refractivity contribution is 6.06. The summed E-state index contributed by atoms with van der Waals surface area (Å²) in [5.74, 6) is -1.74. The van der Waals surface area contributed by atoms with Gasteiger partial charge < -0.3 is 9.80 Å². The van der Waals surface area contributed by atoms with Crippen LogP contribution in [0.2, 0.25) is 0 Å². The van der Waals surface area contributed by atoms with Crippen LogP contribution in [0.1, 0.15) is 24.8 Å². The zero-order valence-corrected chi connectivity index (χ0v) is 15.6. The molecule has 7 heteroatoms. The van der Waals surface area contributed by atoms with Gasteiger partial charge in [-0.25, -0.2) is 8.78 Å². The lowest BCUT2D eigenvalue weighted by Crippen LogP contribution is -2.49. The minimum absolute atomic E-state index is 0.00175. The number of rotatable bonds is 2. The van der Waals surface area contributed by atoms with Crippen LogP contribution < -0.4 is 5.01 Å². The number of hydrazone groups is 1. The number of hydrazine groups is 1. The summed E-state index contributed by atoms with van der Waals surface area (Å²) in [5, 5.41) is 10.1. The predicted octanol–water partition coefficient (Wildman–Crippen LogP) is 2.64. The maximum atomic E-state index is 14.8. The van der Waals surface area contributed by atoms with Crippen molar-refractivity contribution < 1.29 is 13.5 Å². The Kier molecular flexibility index (Phi) is 5.09. The average molecular weight is 362 g/mol. The van der Waals surface area contributed by atoms with Gasteiger partial charge in [-0.1, -0.05) is 24.1 Å². The number of fused-ring (bicyclic) bond motifs is 1. The number of hydrogen-bond acceptors (Lipinski definition) is 3. The number of halogens is 2. The monoisotopic (exact) mass is 362 g/mol. The predicted molar refractivity (Wildman–Crippen MR) is 100 cm³/mol. The topological polar surface area (TPSA) is 36.6 Å². The molecule has 1 N–H and O–H groups in total. The number of nitrogens with zero attached hydrogens (tertiary/aromatic N) is 4. The highest BCUT2D eigenvalue weighted by atomic mass is 19.2. The lowest BCUT2D eigenvalue weighted by atomic mass is 9.93. The Hall–Kier alpha value is -2.28. The Bertz CT molecular complexity index is 765. The molecular weight excluding hydrogens is 336 g/mol. The molecule has 2 aliphatic heterocycles. The first-order valence-corrected chi connectivity index (χ1v) is 8.86. The Morgan fingerprint density at radius 2 is 1.85 bits per heavy atom. The van der Waals surface area contributed by atoms with Crippen molar-refractivity contribution in [2.45, 2.75) is 19.3 Å². The molecule has 0 amide bonds. The molecule has 140 valence electrons. The summed E-state index contributed by atoms with van der Waals surface area (Å²) >= 11 is 0. The fourth-order valence-corrected chi connectivity index (χ4v) is 3.57. The van der Waals surface area contributed by atoms with Crippen LogP contribution in [-0.2, 0) is 0 Å². The number of benzene rings is 1. The molecule has 5 nitrogen and oxygen atoms in total. The van der Waals surface area contributed by atoms with Crippen LogP contribution in [0.3, 0.4) is 0 Å². The average Bonchev–Trinajstić information content (AvgIpc) is 2.59. The largest absolute Gasteiger partial charge is 0.366 e. The third-order valence-corrected chi connectivity index (χ3v) is 5.15. The third kappa shape index (κ3) is 3.23. The second-order valence-corrected chi connectivity index (χ2v) is 7.13. The minimum Gasteiger partial charge on any atom is -0.366 e. The van der Waals surface area contributed by atoms with E-state index in [1.807, 2.05) is 13.0 Å². The molecule has 0 bridgehead atoms. The van der Waals surface area contributed by atoms with Crippen molar-refractivity contribution >= 4 is 18.2 Å². The second-order valence-electron chi connectivity index (χ2n) is 7.13. The number of amidine groups is 1. The fourth-order valence-electron chi connectivity index (χ4n) is 3.57. The van der Waals surface area contributed by atoms with Crippen molar-refractivity contribution in [3.63, 3.8) is 0 Å². The van der Waals surface area contributed by atoms with E-state index in [1.54, 1.807) is 13.1 Å². The number of allylic oxidation sites excluding steroid dienone is 1. The number of piperazine rings is 1. The van der Waals surface area contributed by atoms with Crippen LogP contribution in [0, 0.1) is 17.0 Å². The van der Waals surface area contributed by atoms with E-state index in [0.29, 0.717) is 12.0 Å². The van der Waals surface area contributed by atoms with Gasteiger partial charge in [0.2, 0.25) is 5.84 Å². The fraction of sp³-hybridized carbons (Fsp3) is 0.474. The summed E-state index contributed by atoms with van der Waals surface area (Å²) in [7, 11) is 3.71. The van der Waals surface area contributed by atoms with Crippen LogP contribution in [0.5, 0.6) is 0 Å². The molecular formula is C19H26F2N5+. The Morgan fingerprint density at radius 1 is 1.19 bits per heavy atom. The zero-order valence-electron chi connectivity index (χ0n) is 15.6. The molecule has 0 spiro atoms. The summed E-state index contributed by atoms with van der Waals surface area (Å²) in [6, 6.07) is 2.76. The van der Waals surface area contributed by atoms with E-state index < -0.39 is 11.6 Å². The van der Waals surface area contributed by atoms with Gasteiger partial charge in [0, 0.05) is 26.2 Å². The summed E-state index contributed by atoms with van der Waals surface area (Å²) in [6.45, 7) is 9.24. The van der Waals surface area contributed by atoms with Crippen molar-refractivity contribution in [2.24, 2.45) is 0 Å². The smallest absolute Gasteiger partial charge is 0.209 e. The molecule has 1 aromatic carbocycles. The minimum atomic E-state index is -0.936. The van der Waals surface area contributed by atoms with E-state index in [4.69, 9.17) is 5.41 Å². The molecule has 1 fully saturated rings. The lowest BCUT2D eigenvalue weighted by Gasteiger charge is -2.37. The molecule has 2 aliphatic rings. The summed E-state index contributed by atoms with van der Waals surface area (Å²) in [4.78, 5) is 4.38. The van der Waals surface area contributed by atoms with Gasteiger partial charge in [0.25, 0.3) is 0 Å². The van der Waals surface area contributed by atoms with Crippen LogP contribution in [0.15, 0.2) is 23.9 Å². The normalized spacial score (nSPS) is 21.8. The molecule has 3 rings (SSSR count). The van der Waals surface area contributed by atoms with Crippen molar-refractivity contribution in [1.29, 1.82) is 5.41 Å². The van der Waals surface area contributed by atoms with E-state index in [2.05, 4.69) is 23.6 Å². The van der Waals surface area contributed by atoms with E-state index in [9.17, 15) is 8.78 Å². The number of anilines is 1. The van der Waals surface area contributed by atoms with Crippen molar-refractivity contribution in [2.75, 3.05) is 45.3 Å². The Labute approximate surface area is 153 Å². The number of hydrogen-bond donors (Lipinski definition) is 1. The maximum Gasteiger partial charge on any atom is 0.209 e. The van der Waals surface area contributed by atoms with Crippen molar-refractivity contribution in [1.82, 2.24) is 9.80 Å². The Morgan fingerprint density at radius 3 is 2.46 bits per heavy atom. The van der Waals surface area contributed by atoms with E-state index in [0.717, 1.165) is 37.9 Å². The van der Waals surface area contributed by atoms with Crippen molar-refractivity contribution in [3.05, 3.63) is 41.1 Å². The van der Waals surface area contributed by atoms with E-state index in [-0.39, 0.29) is 17.4 Å². The highest BCUT2D eigenvalue weighted by Crippen LogP contribution is 2.37. The lowest BCUT2D eigenvalue weighted by molar-refractivity contribution is -0.488. The van der Waals surface area contributed by atoms with Crippen LogP contribution in [0.4, 0.5) is 14.5 Å².